The highest BCUT2D eigenvalue weighted by Gasteiger charge is 2.24. The summed E-state index contributed by atoms with van der Waals surface area (Å²) >= 11 is 0. The number of carbonyl (C=O) groups excluding carboxylic acids is 1. The highest BCUT2D eigenvalue weighted by atomic mass is 16.5. The van der Waals surface area contributed by atoms with Crippen LogP contribution in [0.3, 0.4) is 0 Å². The van der Waals surface area contributed by atoms with Crippen LogP contribution in [0.2, 0.25) is 0 Å². The SMILES string of the molecule is CN(C)C(=O)c1ccc(N2CCC(OC3CCNCC3)CC2)cc1. The minimum absolute atomic E-state index is 0.0515. The Labute approximate surface area is 145 Å². The van der Waals surface area contributed by atoms with Crippen LogP contribution in [-0.2, 0) is 4.74 Å². The Balaban J connectivity index is 1.50. The van der Waals surface area contributed by atoms with Crippen LogP contribution in [0.4, 0.5) is 5.69 Å². The molecule has 1 amide bonds. The molecule has 1 aromatic carbocycles. The first-order valence-electron chi connectivity index (χ1n) is 9.06. The lowest BCUT2D eigenvalue weighted by atomic mass is 10.0. The Morgan fingerprint density at radius 1 is 1.04 bits per heavy atom. The highest BCUT2D eigenvalue weighted by Crippen LogP contribution is 2.24. The largest absolute Gasteiger partial charge is 0.375 e. The summed E-state index contributed by atoms with van der Waals surface area (Å²) in [6, 6.07) is 7.97. The Hall–Kier alpha value is -1.59. The van der Waals surface area contributed by atoms with Crippen molar-refractivity contribution in [3.05, 3.63) is 29.8 Å². The molecule has 0 bridgehead atoms. The standard InChI is InChI=1S/C19H29N3O2/c1-21(2)19(23)15-3-5-16(6-4-15)22-13-9-18(10-14-22)24-17-7-11-20-12-8-17/h3-6,17-18,20H,7-14H2,1-2H3. The lowest BCUT2D eigenvalue weighted by Gasteiger charge is -2.36. The van der Waals surface area contributed by atoms with Crippen LogP contribution in [0.1, 0.15) is 36.0 Å². The first-order chi connectivity index (χ1) is 11.6. The van der Waals surface area contributed by atoms with Crippen molar-refractivity contribution in [3.8, 4) is 0 Å². The second kappa shape index (κ2) is 7.99. The maximum Gasteiger partial charge on any atom is 0.253 e. The van der Waals surface area contributed by atoms with Gasteiger partial charge < -0.3 is 19.9 Å². The molecule has 0 atom stereocenters. The van der Waals surface area contributed by atoms with Crippen molar-refractivity contribution in [1.82, 2.24) is 10.2 Å². The molecule has 0 saturated carbocycles. The summed E-state index contributed by atoms with van der Waals surface area (Å²) in [5.41, 5.74) is 1.94. The third-order valence-corrected chi connectivity index (χ3v) is 5.00. The van der Waals surface area contributed by atoms with Gasteiger partial charge in [0.25, 0.3) is 5.91 Å². The zero-order valence-electron chi connectivity index (χ0n) is 14.8. The zero-order valence-corrected chi connectivity index (χ0v) is 14.8. The molecule has 2 fully saturated rings. The fraction of sp³-hybridized carbons (Fsp3) is 0.632. The summed E-state index contributed by atoms with van der Waals surface area (Å²) in [5.74, 6) is 0.0515. The molecular weight excluding hydrogens is 302 g/mol. The predicted octanol–water partition coefficient (Wildman–Crippen LogP) is 2.13. The fourth-order valence-electron chi connectivity index (χ4n) is 3.53. The van der Waals surface area contributed by atoms with Crippen molar-refractivity contribution in [3.63, 3.8) is 0 Å². The van der Waals surface area contributed by atoms with Gasteiger partial charge in [-0.1, -0.05) is 0 Å². The number of anilines is 1. The predicted molar refractivity (Wildman–Crippen MR) is 96.7 cm³/mol. The number of hydrogen-bond donors (Lipinski definition) is 1. The number of nitrogens with one attached hydrogen (secondary N) is 1. The molecule has 0 unspecified atom stereocenters. The molecule has 2 heterocycles. The van der Waals surface area contributed by atoms with Gasteiger partial charge in [-0.3, -0.25) is 4.79 Å². The van der Waals surface area contributed by atoms with Crippen molar-refractivity contribution < 1.29 is 9.53 Å². The second-order valence-electron chi connectivity index (χ2n) is 7.02. The van der Waals surface area contributed by atoms with Gasteiger partial charge in [-0.25, -0.2) is 0 Å². The molecule has 0 spiro atoms. The third kappa shape index (κ3) is 4.28. The summed E-state index contributed by atoms with van der Waals surface area (Å²) in [7, 11) is 3.56. The quantitative estimate of drug-likeness (QED) is 0.918. The van der Waals surface area contributed by atoms with Gasteiger partial charge in [0, 0.05) is 38.4 Å². The number of hydrogen-bond acceptors (Lipinski definition) is 4. The summed E-state index contributed by atoms with van der Waals surface area (Å²) in [6.07, 6.45) is 5.30. The lowest BCUT2D eigenvalue weighted by Crippen LogP contribution is -2.40. The minimum Gasteiger partial charge on any atom is -0.375 e. The minimum atomic E-state index is 0.0515. The number of piperidine rings is 2. The first kappa shape index (κ1) is 17.2. The molecule has 2 aliphatic heterocycles. The van der Waals surface area contributed by atoms with E-state index in [-0.39, 0.29) is 5.91 Å². The van der Waals surface area contributed by atoms with Crippen molar-refractivity contribution >= 4 is 11.6 Å². The molecule has 2 saturated heterocycles. The van der Waals surface area contributed by atoms with Crippen LogP contribution in [0, 0.1) is 0 Å². The van der Waals surface area contributed by atoms with E-state index >= 15 is 0 Å². The van der Waals surface area contributed by atoms with Crippen LogP contribution < -0.4 is 10.2 Å². The summed E-state index contributed by atoms with van der Waals surface area (Å²) < 4.78 is 6.28. The molecule has 1 N–H and O–H groups in total. The van der Waals surface area contributed by atoms with Gasteiger partial charge >= 0.3 is 0 Å². The topological polar surface area (TPSA) is 44.8 Å². The van der Waals surface area contributed by atoms with Gasteiger partial charge in [0.05, 0.1) is 12.2 Å². The van der Waals surface area contributed by atoms with E-state index < -0.39 is 0 Å². The summed E-state index contributed by atoms with van der Waals surface area (Å²) in [4.78, 5) is 16.0. The molecule has 24 heavy (non-hydrogen) atoms. The maximum absolute atomic E-state index is 12.0. The van der Waals surface area contributed by atoms with E-state index in [4.69, 9.17) is 4.74 Å². The fourth-order valence-corrected chi connectivity index (χ4v) is 3.53. The monoisotopic (exact) mass is 331 g/mol. The van der Waals surface area contributed by atoms with Crippen molar-refractivity contribution in [2.75, 3.05) is 45.2 Å². The van der Waals surface area contributed by atoms with Gasteiger partial charge in [0.2, 0.25) is 0 Å². The van der Waals surface area contributed by atoms with Gasteiger partial charge in [0.1, 0.15) is 0 Å². The molecule has 0 radical (unpaired) electrons. The van der Waals surface area contributed by atoms with Gasteiger partial charge in [-0.2, -0.15) is 0 Å². The van der Waals surface area contributed by atoms with Gasteiger partial charge in [-0.05, 0) is 63.0 Å². The van der Waals surface area contributed by atoms with Crippen LogP contribution in [0.5, 0.6) is 0 Å². The van der Waals surface area contributed by atoms with E-state index in [0.29, 0.717) is 12.2 Å². The Bertz CT molecular complexity index is 530. The normalized spacial score (nSPS) is 20.2. The zero-order chi connectivity index (χ0) is 16.9. The van der Waals surface area contributed by atoms with Crippen molar-refractivity contribution in [1.29, 1.82) is 0 Å². The van der Waals surface area contributed by atoms with E-state index in [1.54, 1.807) is 19.0 Å². The van der Waals surface area contributed by atoms with Gasteiger partial charge in [-0.15, -0.1) is 0 Å². The number of carbonyl (C=O) groups is 1. The summed E-state index contributed by atoms with van der Waals surface area (Å²) in [5, 5.41) is 3.38. The van der Waals surface area contributed by atoms with E-state index in [9.17, 15) is 4.79 Å². The Kier molecular flexibility index (Phi) is 5.74. The van der Waals surface area contributed by atoms with E-state index in [1.165, 1.54) is 5.69 Å². The smallest absolute Gasteiger partial charge is 0.253 e. The van der Waals surface area contributed by atoms with Gasteiger partial charge in [0.15, 0.2) is 0 Å². The van der Waals surface area contributed by atoms with E-state index in [0.717, 1.165) is 57.4 Å². The molecule has 0 aliphatic carbocycles. The Morgan fingerprint density at radius 2 is 1.62 bits per heavy atom. The third-order valence-electron chi connectivity index (χ3n) is 5.00. The molecule has 132 valence electrons. The number of amides is 1. The molecule has 5 heteroatoms. The molecule has 0 aromatic heterocycles. The lowest BCUT2D eigenvalue weighted by molar-refractivity contribution is -0.0363. The van der Waals surface area contributed by atoms with Crippen LogP contribution in [0.15, 0.2) is 24.3 Å². The number of rotatable bonds is 4. The molecular formula is C19H29N3O2. The van der Waals surface area contributed by atoms with E-state index in [1.807, 2.05) is 12.1 Å². The molecule has 5 nitrogen and oxygen atoms in total. The number of nitrogens with zero attached hydrogens (tertiary/aromatic N) is 2. The molecule has 1 aromatic rings. The Morgan fingerprint density at radius 3 is 2.21 bits per heavy atom. The van der Waals surface area contributed by atoms with Crippen molar-refractivity contribution in [2.24, 2.45) is 0 Å². The van der Waals surface area contributed by atoms with Crippen LogP contribution >= 0.6 is 0 Å². The van der Waals surface area contributed by atoms with E-state index in [2.05, 4.69) is 22.3 Å². The first-order valence-corrected chi connectivity index (χ1v) is 9.06. The second-order valence-corrected chi connectivity index (χ2v) is 7.02. The van der Waals surface area contributed by atoms with Crippen LogP contribution in [-0.4, -0.2) is 63.3 Å². The number of ether oxygens (including phenoxy) is 1. The highest BCUT2D eigenvalue weighted by molar-refractivity contribution is 5.94. The average Bonchev–Trinajstić information content (AvgIpc) is 2.63. The summed E-state index contributed by atoms with van der Waals surface area (Å²) in [6.45, 7) is 4.22. The number of benzene rings is 1. The molecule has 2 aliphatic rings. The molecule has 3 rings (SSSR count). The average molecular weight is 331 g/mol. The maximum atomic E-state index is 12.0. The van der Waals surface area contributed by atoms with Crippen LogP contribution in [0.25, 0.3) is 0 Å². The van der Waals surface area contributed by atoms with Crippen molar-refractivity contribution in [2.45, 2.75) is 37.9 Å².